The molecule has 3 aromatic carbocycles. The van der Waals surface area contributed by atoms with Gasteiger partial charge in [0.05, 0.1) is 9.79 Å². The van der Waals surface area contributed by atoms with Gasteiger partial charge in [0.1, 0.15) is 11.9 Å². The Bertz CT molecular complexity index is 1400. The van der Waals surface area contributed by atoms with Gasteiger partial charge in [-0.25, -0.2) is 25.9 Å². The Kier molecular flexibility index (Phi) is 8.29. The molecule has 0 fully saturated rings. The molecule has 8 nitrogen and oxygen atoms in total. The van der Waals surface area contributed by atoms with E-state index in [1.807, 2.05) is 0 Å². The number of carbonyl (C=O) groups is 1. The maximum absolute atomic E-state index is 13.3. The lowest BCUT2D eigenvalue weighted by molar-refractivity contribution is -0.117. The summed E-state index contributed by atoms with van der Waals surface area (Å²) in [6, 6.07) is 17.4. The van der Waals surface area contributed by atoms with E-state index in [-0.39, 0.29) is 21.9 Å². The van der Waals surface area contributed by atoms with Crippen LogP contribution >= 0.6 is 0 Å². The van der Waals surface area contributed by atoms with Gasteiger partial charge in [-0.05, 0) is 81.3 Å². The molecule has 0 aromatic heterocycles. The van der Waals surface area contributed by atoms with Gasteiger partial charge >= 0.3 is 0 Å². The Balaban J connectivity index is 1.82. The van der Waals surface area contributed by atoms with Crippen molar-refractivity contribution in [3.05, 3.63) is 90.2 Å². The first-order valence-electron chi connectivity index (χ1n) is 11.0. The van der Waals surface area contributed by atoms with Crippen LogP contribution in [0.4, 0.5) is 10.1 Å². The summed E-state index contributed by atoms with van der Waals surface area (Å²) >= 11 is 0. The molecule has 0 saturated carbocycles. The third-order valence-corrected chi connectivity index (χ3v) is 8.15. The lowest BCUT2D eigenvalue weighted by atomic mass is 10.1. The molecular weight excluding hydrogens is 505 g/mol. The van der Waals surface area contributed by atoms with Crippen molar-refractivity contribution in [3.8, 4) is 0 Å². The molecule has 0 aliphatic carbocycles. The van der Waals surface area contributed by atoms with Gasteiger partial charge in [-0.2, -0.15) is 4.72 Å². The van der Waals surface area contributed by atoms with E-state index in [1.165, 1.54) is 24.3 Å². The van der Waals surface area contributed by atoms with Crippen molar-refractivity contribution in [1.29, 1.82) is 0 Å². The number of hydrogen-bond donors (Lipinski definition) is 3. The van der Waals surface area contributed by atoms with E-state index >= 15 is 0 Å². The molecule has 192 valence electrons. The average molecular weight is 534 g/mol. The van der Waals surface area contributed by atoms with Crippen LogP contribution in [0.3, 0.4) is 0 Å². The van der Waals surface area contributed by atoms with Gasteiger partial charge in [-0.15, -0.1) is 0 Å². The summed E-state index contributed by atoms with van der Waals surface area (Å²) in [4.78, 5) is 13.0. The second kappa shape index (κ2) is 10.9. The molecule has 3 aromatic rings. The number of nitrogens with one attached hydrogen (secondary N) is 3. The summed E-state index contributed by atoms with van der Waals surface area (Å²) in [7, 11) is -7.90. The van der Waals surface area contributed by atoms with Crippen LogP contribution in [0.15, 0.2) is 88.7 Å². The minimum Gasteiger partial charge on any atom is -0.325 e. The number of carbonyl (C=O) groups excluding carboxylic acids is 1. The van der Waals surface area contributed by atoms with Crippen LogP contribution in [0.5, 0.6) is 0 Å². The molecule has 0 unspecified atom stereocenters. The SMILES string of the molecule is CC(C)(C)NS(=O)(=O)c1ccc(NC(=O)[C@H](Cc2ccccc2)NS(=O)(=O)c2ccc(F)cc2)cc1. The first kappa shape index (κ1) is 27.5. The minimum atomic E-state index is -4.14. The molecule has 3 N–H and O–H groups in total. The van der Waals surface area contributed by atoms with Crippen molar-refractivity contribution in [3.63, 3.8) is 0 Å². The van der Waals surface area contributed by atoms with Crippen molar-refractivity contribution in [2.24, 2.45) is 0 Å². The predicted octanol–water partition coefficient (Wildman–Crippen LogP) is 3.43. The van der Waals surface area contributed by atoms with E-state index in [4.69, 9.17) is 0 Å². The molecule has 0 heterocycles. The maximum atomic E-state index is 13.3. The Morgan fingerprint density at radius 2 is 1.33 bits per heavy atom. The number of hydrogen-bond acceptors (Lipinski definition) is 5. The quantitative estimate of drug-likeness (QED) is 0.389. The van der Waals surface area contributed by atoms with Gasteiger partial charge < -0.3 is 5.32 Å². The summed E-state index contributed by atoms with van der Waals surface area (Å²) in [5.41, 5.74) is 0.334. The summed E-state index contributed by atoms with van der Waals surface area (Å²) in [5.74, 6) is -1.23. The standard InChI is InChI=1S/C25H28FN3O5S2/c1-25(2,3)29-36(33,34)22-15-11-20(12-16-22)27-24(30)23(17-18-7-5-4-6-8-18)28-35(31,32)21-13-9-19(26)10-14-21/h4-16,23,28-29H,17H2,1-3H3,(H,27,30)/t23-/m0/s1. The Morgan fingerprint density at radius 3 is 1.89 bits per heavy atom. The number of anilines is 1. The van der Waals surface area contributed by atoms with E-state index in [1.54, 1.807) is 51.1 Å². The number of amides is 1. The Hall–Kier alpha value is -3.12. The maximum Gasteiger partial charge on any atom is 0.242 e. The molecule has 0 bridgehead atoms. The first-order valence-corrected chi connectivity index (χ1v) is 14.0. The van der Waals surface area contributed by atoms with Crippen molar-refractivity contribution in [1.82, 2.24) is 9.44 Å². The second-order valence-corrected chi connectivity index (χ2v) is 12.6. The summed E-state index contributed by atoms with van der Waals surface area (Å²) in [5, 5.41) is 2.63. The largest absolute Gasteiger partial charge is 0.325 e. The van der Waals surface area contributed by atoms with E-state index in [9.17, 15) is 26.0 Å². The van der Waals surface area contributed by atoms with E-state index in [0.717, 1.165) is 24.3 Å². The monoisotopic (exact) mass is 533 g/mol. The molecule has 0 saturated heterocycles. The molecule has 0 aliphatic rings. The first-order chi connectivity index (χ1) is 16.7. The second-order valence-electron chi connectivity index (χ2n) is 9.19. The summed E-state index contributed by atoms with van der Waals surface area (Å²) in [6.07, 6.45) is 0.0507. The van der Waals surface area contributed by atoms with Crippen molar-refractivity contribution < 1.29 is 26.0 Å². The fourth-order valence-corrected chi connectivity index (χ4v) is 5.93. The predicted molar refractivity (Wildman–Crippen MR) is 136 cm³/mol. The molecule has 11 heteroatoms. The zero-order valence-corrected chi connectivity index (χ0v) is 21.7. The molecule has 0 spiro atoms. The van der Waals surface area contributed by atoms with Crippen LogP contribution < -0.4 is 14.8 Å². The molecule has 36 heavy (non-hydrogen) atoms. The van der Waals surface area contributed by atoms with Crippen molar-refractivity contribution in [2.45, 2.75) is 48.6 Å². The highest BCUT2D eigenvalue weighted by Crippen LogP contribution is 2.18. The molecular formula is C25H28FN3O5S2. The number of halogens is 1. The van der Waals surface area contributed by atoms with Crippen LogP contribution in [0, 0.1) is 5.82 Å². The molecule has 0 aliphatic heterocycles. The molecule has 0 radical (unpaired) electrons. The Morgan fingerprint density at radius 1 is 0.806 bits per heavy atom. The molecule has 1 atom stereocenters. The highest BCUT2D eigenvalue weighted by molar-refractivity contribution is 7.89. The highest BCUT2D eigenvalue weighted by atomic mass is 32.2. The normalized spacial score (nSPS) is 13.2. The lowest BCUT2D eigenvalue weighted by Gasteiger charge is -2.21. The summed E-state index contributed by atoms with van der Waals surface area (Å²) < 4.78 is 69.0. The highest BCUT2D eigenvalue weighted by Gasteiger charge is 2.27. The van der Waals surface area contributed by atoms with E-state index in [0.29, 0.717) is 5.56 Å². The number of benzene rings is 3. The van der Waals surface area contributed by atoms with Crippen LogP contribution in [0.2, 0.25) is 0 Å². The summed E-state index contributed by atoms with van der Waals surface area (Å²) in [6.45, 7) is 5.16. The van der Waals surface area contributed by atoms with Gasteiger partial charge in [0.15, 0.2) is 0 Å². The average Bonchev–Trinajstić information content (AvgIpc) is 2.78. The van der Waals surface area contributed by atoms with Crippen LogP contribution in [0.25, 0.3) is 0 Å². The van der Waals surface area contributed by atoms with Gasteiger partial charge in [-0.1, -0.05) is 30.3 Å². The molecule has 3 rings (SSSR count). The van der Waals surface area contributed by atoms with Crippen LogP contribution in [0.1, 0.15) is 26.3 Å². The smallest absolute Gasteiger partial charge is 0.242 e. The topological polar surface area (TPSA) is 121 Å². The van der Waals surface area contributed by atoms with E-state index < -0.39 is 43.4 Å². The molecule has 1 amide bonds. The zero-order chi connectivity index (χ0) is 26.6. The third-order valence-electron chi connectivity index (χ3n) is 4.89. The number of rotatable bonds is 9. The fraction of sp³-hybridized carbons (Fsp3) is 0.240. The zero-order valence-electron chi connectivity index (χ0n) is 20.0. The lowest BCUT2D eigenvalue weighted by Crippen LogP contribution is -2.45. The fourth-order valence-electron chi connectivity index (χ4n) is 3.32. The van der Waals surface area contributed by atoms with Crippen molar-refractivity contribution >= 4 is 31.6 Å². The minimum absolute atomic E-state index is 0.0215. The van der Waals surface area contributed by atoms with Crippen LogP contribution in [-0.2, 0) is 31.3 Å². The van der Waals surface area contributed by atoms with Gasteiger partial charge in [0.25, 0.3) is 0 Å². The van der Waals surface area contributed by atoms with E-state index in [2.05, 4.69) is 14.8 Å². The van der Waals surface area contributed by atoms with Crippen molar-refractivity contribution in [2.75, 3.05) is 5.32 Å². The van der Waals surface area contributed by atoms with Crippen LogP contribution in [-0.4, -0.2) is 34.3 Å². The third kappa shape index (κ3) is 7.69. The van der Waals surface area contributed by atoms with Gasteiger partial charge in [0.2, 0.25) is 26.0 Å². The number of sulfonamides is 2. The van der Waals surface area contributed by atoms with Gasteiger partial charge in [-0.3, -0.25) is 4.79 Å². The van der Waals surface area contributed by atoms with Gasteiger partial charge in [0, 0.05) is 11.2 Å². The Labute approximate surface area is 211 Å².